The lowest BCUT2D eigenvalue weighted by Crippen LogP contribution is -2.21. The molecule has 1 heterocycles. The van der Waals surface area contributed by atoms with Crippen molar-refractivity contribution < 1.29 is 5.11 Å². The molecule has 1 fully saturated rings. The molecule has 1 aliphatic rings. The van der Waals surface area contributed by atoms with E-state index in [1.807, 2.05) is 10.9 Å². The highest BCUT2D eigenvalue weighted by Gasteiger charge is 2.27. The van der Waals surface area contributed by atoms with Crippen LogP contribution in [0, 0.1) is 0 Å². The Morgan fingerprint density at radius 3 is 2.57 bits per heavy atom. The van der Waals surface area contributed by atoms with Crippen LogP contribution in [0.3, 0.4) is 0 Å². The molecule has 3 N–H and O–H groups in total. The Morgan fingerprint density at radius 1 is 1.57 bits per heavy atom. The van der Waals surface area contributed by atoms with E-state index in [0.29, 0.717) is 17.4 Å². The van der Waals surface area contributed by atoms with E-state index in [-0.39, 0.29) is 0 Å². The van der Waals surface area contributed by atoms with Crippen molar-refractivity contribution in [2.24, 2.45) is 0 Å². The Morgan fingerprint density at radius 2 is 2.21 bits per heavy atom. The molecule has 0 bridgehead atoms. The second kappa shape index (κ2) is 2.98. The number of rotatable bonds is 2. The Bertz CT molecular complexity index is 334. The molecule has 0 aromatic carbocycles. The van der Waals surface area contributed by atoms with E-state index >= 15 is 0 Å². The van der Waals surface area contributed by atoms with Crippen LogP contribution in [0.15, 0.2) is 6.20 Å². The summed E-state index contributed by atoms with van der Waals surface area (Å²) in [5.41, 5.74) is 6.03. The largest absolute Gasteiger partial charge is 0.396 e. The summed E-state index contributed by atoms with van der Waals surface area (Å²) in [6, 6.07) is 0.494. The molecule has 4 nitrogen and oxygen atoms in total. The summed E-state index contributed by atoms with van der Waals surface area (Å²) < 4.78 is 1.89. The lowest BCUT2D eigenvalue weighted by atomic mass is 9.93. The maximum Gasteiger partial charge on any atom is 0.116 e. The van der Waals surface area contributed by atoms with Crippen molar-refractivity contribution in [1.82, 2.24) is 9.78 Å². The third-order valence-electron chi connectivity index (χ3n) is 2.79. The molecule has 0 aliphatic heterocycles. The van der Waals surface area contributed by atoms with Gasteiger partial charge in [0, 0.05) is 6.20 Å². The van der Waals surface area contributed by atoms with Crippen LogP contribution < -0.4 is 5.73 Å². The van der Waals surface area contributed by atoms with Gasteiger partial charge in [0.2, 0.25) is 0 Å². The van der Waals surface area contributed by atoms with Crippen LogP contribution in [-0.4, -0.2) is 14.9 Å². The molecule has 4 heteroatoms. The Hall–Kier alpha value is -1.03. The zero-order chi connectivity index (χ0) is 10.3. The monoisotopic (exact) mass is 195 g/mol. The zero-order valence-corrected chi connectivity index (χ0v) is 8.70. The normalized spacial score (nSPS) is 18.2. The van der Waals surface area contributed by atoms with Crippen molar-refractivity contribution in [3.05, 3.63) is 11.9 Å². The minimum Gasteiger partial charge on any atom is -0.396 e. The van der Waals surface area contributed by atoms with Crippen molar-refractivity contribution in [1.29, 1.82) is 0 Å². The average molecular weight is 195 g/mol. The van der Waals surface area contributed by atoms with Crippen LogP contribution in [0.5, 0.6) is 0 Å². The molecule has 78 valence electrons. The fourth-order valence-electron chi connectivity index (χ4n) is 1.72. The number of nitrogens with zero attached hydrogens (tertiary/aromatic N) is 2. The highest BCUT2D eigenvalue weighted by atomic mass is 16.3. The molecule has 0 saturated heterocycles. The number of aliphatic hydroxyl groups is 1. The van der Waals surface area contributed by atoms with Gasteiger partial charge < -0.3 is 10.8 Å². The average Bonchev–Trinajstić information content (AvgIpc) is 2.25. The second-order valence-corrected chi connectivity index (χ2v) is 4.56. The smallest absolute Gasteiger partial charge is 0.116 e. The third-order valence-corrected chi connectivity index (χ3v) is 2.79. The minimum atomic E-state index is -0.945. The Kier molecular flexibility index (Phi) is 2.03. The summed E-state index contributed by atoms with van der Waals surface area (Å²) >= 11 is 0. The van der Waals surface area contributed by atoms with Crippen molar-refractivity contribution in [2.75, 3.05) is 5.73 Å². The van der Waals surface area contributed by atoms with E-state index < -0.39 is 5.60 Å². The molecule has 0 spiro atoms. The highest BCUT2D eigenvalue weighted by Crippen LogP contribution is 2.33. The molecule has 0 unspecified atom stereocenters. The van der Waals surface area contributed by atoms with Crippen LogP contribution in [0.25, 0.3) is 0 Å². The summed E-state index contributed by atoms with van der Waals surface area (Å²) in [5.74, 6) is 0. The van der Waals surface area contributed by atoms with Gasteiger partial charge in [-0.15, -0.1) is 0 Å². The Labute approximate surface area is 83.7 Å². The lowest BCUT2D eigenvalue weighted by Gasteiger charge is -2.25. The van der Waals surface area contributed by atoms with E-state index in [9.17, 15) is 5.11 Å². The molecule has 1 aromatic rings. The third kappa shape index (κ3) is 1.50. The first kappa shape index (κ1) is 9.52. The number of anilines is 1. The SMILES string of the molecule is CC(C)(O)c1nn(C2CCC2)cc1N. The van der Waals surface area contributed by atoms with Crippen LogP contribution in [0.2, 0.25) is 0 Å². The van der Waals surface area contributed by atoms with Crippen LogP contribution in [0.1, 0.15) is 44.8 Å². The van der Waals surface area contributed by atoms with Gasteiger partial charge in [-0.2, -0.15) is 5.10 Å². The van der Waals surface area contributed by atoms with Gasteiger partial charge in [0.1, 0.15) is 11.3 Å². The topological polar surface area (TPSA) is 64.1 Å². The van der Waals surface area contributed by atoms with Crippen molar-refractivity contribution in [2.45, 2.75) is 44.8 Å². The van der Waals surface area contributed by atoms with Gasteiger partial charge in [-0.3, -0.25) is 4.68 Å². The first-order valence-electron chi connectivity index (χ1n) is 5.06. The molecule has 0 radical (unpaired) electrons. The quantitative estimate of drug-likeness (QED) is 0.750. The first-order chi connectivity index (χ1) is 6.48. The fraction of sp³-hybridized carbons (Fsp3) is 0.700. The number of nitrogens with two attached hydrogens (primary N) is 1. The second-order valence-electron chi connectivity index (χ2n) is 4.56. The standard InChI is InChI=1S/C10H17N3O/c1-10(2,14)9-8(11)6-13(12-9)7-4-3-5-7/h6-7,14H,3-5,11H2,1-2H3. The first-order valence-corrected chi connectivity index (χ1v) is 5.06. The van der Waals surface area contributed by atoms with Crippen molar-refractivity contribution >= 4 is 5.69 Å². The lowest BCUT2D eigenvalue weighted by molar-refractivity contribution is 0.0730. The Balaban J connectivity index is 2.29. The van der Waals surface area contributed by atoms with Gasteiger partial charge in [0.15, 0.2) is 0 Å². The maximum atomic E-state index is 9.80. The van der Waals surface area contributed by atoms with Crippen molar-refractivity contribution in [3.8, 4) is 0 Å². The van der Waals surface area contributed by atoms with Gasteiger partial charge >= 0.3 is 0 Å². The predicted octanol–water partition coefficient (Wildman–Crippen LogP) is 1.42. The van der Waals surface area contributed by atoms with E-state index in [2.05, 4.69) is 5.10 Å². The summed E-state index contributed by atoms with van der Waals surface area (Å²) in [7, 11) is 0. The number of aromatic nitrogens is 2. The molecule has 0 atom stereocenters. The van der Waals surface area contributed by atoms with Gasteiger partial charge in [-0.1, -0.05) is 0 Å². The molecule has 14 heavy (non-hydrogen) atoms. The summed E-state index contributed by atoms with van der Waals surface area (Å²) in [6.07, 6.45) is 5.44. The number of hydrogen-bond donors (Lipinski definition) is 2. The van der Waals surface area contributed by atoms with Crippen LogP contribution in [-0.2, 0) is 5.60 Å². The van der Waals surface area contributed by atoms with E-state index in [1.165, 1.54) is 19.3 Å². The fourth-order valence-corrected chi connectivity index (χ4v) is 1.72. The summed E-state index contributed by atoms with van der Waals surface area (Å²) in [5, 5.41) is 14.1. The molecule has 1 saturated carbocycles. The molecule has 2 rings (SSSR count). The minimum absolute atomic E-state index is 0.494. The van der Waals surface area contributed by atoms with Crippen LogP contribution >= 0.6 is 0 Å². The molecule has 1 aromatic heterocycles. The predicted molar refractivity (Wildman–Crippen MR) is 54.8 cm³/mol. The number of nitrogen functional groups attached to an aromatic ring is 1. The molecule has 0 amide bonds. The van der Waals surface area contributed by atoms with E-state index in [4.69, 9.17) is 5.73 Å². The van der Waals surface area contributed by atoms with E-state index in [1.54, 1.807) is 13.8 Å². The molecular weight excluding hydrogens is 178 g/mol. The van der Waals surface area contributed by atoms with Crippen molar-refractivity contribution in [3.63, 3.8) is 0 Å². The highest BCUT2D eigenvalue weighted by molar-refractivity contribution is 5.43. The van der Waals surface area contributed by atoms with Gasteiger partial charge in [0.05, 0.1) is 11.7 Å². The molecular formula is C10H17N3O. The number of hydrogen-bond acceptors (Lipinski definition) is 3. The van der Waals surface area contributed by atoms with Gasteiger partial charge in [-0.25, -0.2) is 0 Å². The maximum absolute atomic E-state index is 9.80. The summed E-state index contributed by atoms with van der Waals surface area (Å²) in [4.78, 5) is 0. The van der Waals surface area contributed by atoms with Gasteiger partial charge in [0.25, 0.3) is 0 Å². The zero-order valence-electron chi connectivity index (χ0n) is 8.70. The summed E-state index contributed by atoms with van der Waals surface area (Å²) in [6.45, 7) is 3.41. The van der Waals surface area contributed by atoms with Gasteiger partial charge in [-0.05, 0) is 33.1 Å². The molecule has 1 aliphatic carbocycles. The van der Waals surface area contributed by atoms with E-state index in [0.717, 1.165) is 0 Å². The van der Waals surface area contributed by atoms with Crippen LogP contribution in [0.4, 0.5) is 5.69 Å².